The highest BCUT2D eigenvalue weighted by Crippen LogP contribution is 2.39. The van der Waals surface area contributed by atoms with Crippen molar-refractivity contribution in [3.05, 3.63) is 82.5 Å². The van der Waals surface area contributed by atoms with E-state index in [1.165, 1.54) is 13.3 Å². The average molecular weight is 632 g/mol. The Labute approximate surface area is 262 Å². The van der Waals surface area contributed by atoms with E-state index in [-0.39, 0.29) is 23.5 Å². The second-order valence-electron chi connectivity index (χ2n) is 10.7. The Morgan fingerprint density at radius 1 is 1.11 bits per heavy atom. The molecule has 1 atom stereocenters. The number of benzene rings is 2. The summed E-state index contributed by atoms with van der Waals surface area (Å²) in [5.74, 6) is -0.374. The van der Waals surface area contributed by atoms with Crippen LogP contribution in [0, 0.1) is 6.92 Å². The highest BCUT2D eigenvalue weighted by atomic mass is 35.5. The van der Waals surface area contributed by atoms with Crippen molar-refractivity contribution in [2.45, 2.75) is 32.4 Å². The third-order valence-electron chi connectivity index (χ3n) is 7.68. The van der Waals surface area contributed by atoms with E-state index in [1.54, 1.807) is 18.3 Å². The smallest absolute Gasteiger partial charge is 0.297 e. The van der Waals surface area contributed by atoms with Gasteiger partial charge in [0.05, 0.1) is 35.6 Å². The number of likely N-dealkylation sites (tertiary alicyclic amines) is 1. The minimum atomic E-state index is -2.89. The molecule has 0 saturated carbocycles. The molecule has 5 aromatic rings. The summed E-state index contributed by atoms with van der Waals surface area (Å²) in [5, 5.41) is 13.5. The second kappa shape index (κ2) is 12.8. The van der Waals surface area contributed by atoms with Crippen molar-refractivity contribution in [3.8, 4) is 28.3 Å². The van der Waals surface area contributed by atoms with Gasteiger partial charge in [0.1, 0.15) is 5.52 Å². The van der Waals surface area contributed by atoms with Gasteiger partial charge in [-0.05, 0) is 42.2 Å². The molecule has 13 heteroatoms. The molecule has 0 unspecified atom stereocenters. The van der Waals surface area contributed by atoms with Crippen LogP contribution in [-0.4, -0.2) is 67.5 Å². The molecular weight excluding hydrogens is 604 g/mol. The number of nitrogens with one attached hydrogen (secondary N) is 1. The lowest BCUT2D eigenvalue weighted by Crippen LogP contribution is -2.21. The molecule has 6 rings (SSSR count). The quantitative estimate of drug-likeness (QED) is 0.182. The lowest BCUT2D eigenvalue weighted by atomic mass is 9.96. The number of aromatic nitrogens is 5. The molecule has 45 heavy (non-hydrogen) atoms. The van der Waals surface area contributed by atoms with E-state index in [0.29, 0.717) is 64.4 Å². The van der Waals surface area contributed by atoms with Gasteiger partial charge in [0, 0.05) is 42.6 Å². The molecule has 2 N–H and O–H groups in total. The molecule has 3 aromatic heterocycles. The van der Waals surface area contributed by atoms with Crippen molar-refractivity contribution in [2.75, 3.05) is 25.5 Å². The monoisotopic (exact) mass is 631 g/mol. The van der Waals surface area contributed by atoms with Crippen molar-refractivity contribution in [2.24, 2.45) is 0 Å². The van der Waals surface area contributed by atoms with Crippen molar-refractivity contribution in [1.29, 1.82) is 0 Å². The van der Waals surface area contributed by atoms with Crippen LogP contribution in [0.5, 0.6) is 5.88 Å². The van der Waals surface area contributed by atoms with E-state index in [1.807, 2.05) is 37.3 Å². The maximum atomic E-state index is 13.9. The van der Waals surface area contributed by atoms with Crippen LogP contribution in [0.3, 0.4) is 0 Å². The molecule has 1 saturated heterocycles. The van der Waals surface area contributed by atoms with Crippen LogP contribution in [0.4, 0.5) is 20.3 Å². The summed E-state index contributed by atoms with van der Waals surface area (Å²) >= 11 is 6.92. The zero-order valence-electron chi connectivity index (χ0n) is 24.3. The van der Waals surface area contributed by atoms with Gasteiger partial charge in [0.25, 0.3) is 6.43 Å². The highest BCUT2D eigenvalue weighted by Gasteiger charge is 2.22. The Hall–Kier alpha value is -4.65. The van der Waals surface area contributed by atoms with Crippen molar-refractivity contribution in [1.82, 2.24) is 29.8 Å². The van der Waals surface area contributed by atoms with Crippen molar-refractivity contribution >= 4 is 40.4 Å². The van der Waals surface area contributed by atoms with E-state index in [9.17, 15) is 18.7 Å². The zero-order valence-corrected chi connectivity index (χ0v) is 25.1. The number of hydrogen-bond acceptors (Lipinski definition) is 10. The first-order valence-corrected chi connectivity index (χ1v) is 14.5. The SMILES string of the molecule is COc1nc(-c2cccc(-c3cccc(Nc4nc(C(F)F)nc5cc(CN6CC[C@H](O)C6)cnc45)c3C)c2Cl)cnc1C=O. The maximum absolute atomic E-state index is 13.9. The molecule has 0 radical (unpaired) electrons. The standard InChI is InChI=1S/C32H28ClF2N7O3/c1-17-20(21-6-3-7-22(27(21)33)25-13-36-26(16-43)32(40-25)45-2)5-4-8-23(17)38-30-28-24(39-31(41-30)29(34)35)11-18(12-37-28)14-42-10-9-19(44)15-42/h3-8,11-13,16,19,29,44H,9-10,14-15H2,1-2H3,(H,38,39,41)/t19-/m0/s1. The van der Waals surface area contributed by atoms with Crippen molar-refractivity contribution < 1.29 is 23.4 Å². The third-order valence-corrected chi connectivity index (χ3v) is 8.09. The van der Waals surface area contributed by atoms with Crippen LogP contribution >= 0.6 is 11.6 Å². The van der Waals surface area contributed by atoms with Crippen LogP contribution in [-0.2, 0) is 6.54 Å². The number of anilines is 2. The molecule has 0 aliphatic carbocycles. The lowest BCUT2D eigenvalue weighted by molar-refractivity contribution is 0.111. The first kappa shape index (κ1) is 30.4. The van der Waals surface area contributed by atoms with Gasteiger partial charge >= 0.3 is 0 Å². The van der Waals surface area contributed by atoms with Crippen molar-refractivity contribution in [3.63, 3.8) is 0 Å². The second-order valence-corrected chi connectivity index (χ2v) is 11.0. The molecule has 0 amide bonds. The number of fused-ring (bicyclic) bond motifs is 1. The molecule has 1 fully saturated rings. The van der Waals surface area contributed by atoms with Crippen LogP contribution in [0.15, 0.2) is 54.9 Å². The number of methoxy groups -OCH3 is 1. The lowest BCUT2D eigenvalue weighted by Gasteiger charge is -2.17. The van der Waals surface area contributed by atoms with Gasteiger partial charge < -0.3 is 15.2 Å². The van der Waals surface area contributed by atoms with Crippen LogP contribution in [0.25, 0.3) is 33.4 Å². The summed E-state index contributed by atoms with van der Waals surface area (Å²) in [4.78, 5) is 34.7. The number of aldehydes is 1. The number of aliphatic hydroxyl groups is 1. The van der Waals surface area contributed by atoms with E-state index in [2.05, 4.69) is 35.1 Å². The Balaban J connectivity index is 1.36. The molecule has 4 heterocycles. The Bertz CT molecular complexity index is 1910. The van der Waals surface area contributed by atoms with Gasteiger partial charge in [-0.3, -0.25) is 14.7 Å². The van der Waals surface area contributed by atoms with Crippen LogP contribution in [0.2, 0.25) is 5.02 Å². The summed E-state index contributed by atoms with van der Waals surface area (Å²) in [6.07, 6.45) is 1.13. The number of carbonyl (C=O) groups is 1. The minimum Gasteiger partial charge on any atom is -0.479 e. The summed E-state index contributed by atoms with van der Waals surface area (Å²) < 4.78 is 33.0. The van der Waals surface area contributed by atoms with Gasteiger partial charge in [0.15, 0.2) is 23.6 Å². The van der Waals surface area contributed by atoms with Gasteiger partial charge in [-0.2, -0.15) is 0 Å². The summed E-state index contributed by atoms with van der Waals surface area (Å²) in [6, 6.07) is 12.7. The summed E-state index contributed by atoms with van der Waals surface area (Å²) in [6.45, 7) is 3.70. The first-order valence-electron chi connectivity index (χ1n) is 14.1. The fourth-order valence-electron chi connectivity index (χ4n) is 5.43. The summed E-state index contributed by atoms with van der Waals surface area (Å²) in [7, 11) is 1.40. The Morgan fingerprint density at radius 2 is 1.89 bits per heavy atom. The Kier molecular flexibility index (Phi) is 8.61. The molecule has 0 spiro atoms. The largest absolute Gasteiger partial charge is 0.479 e. The number of rotatable bonds is 9. The number of hydrogen-bond donors (Lipinski definition) is 2. The molecule has 10 nitrogen and oxygen atoms in total. The highest BCUT2D eigenvalue weighted by molar-refractivity contribution is 6.36. The number of carbonyl (C=O) groups excluding carboxylic acids is 1. The van der Waals surface area contributed by atoms with Crippen LogP contribution < -0.4 is 10.1 Å². The number of pyridine rings is 1. The number of halogens is 3. The Morgan fingerprint density at radius 3 is 2.62 bits per heavy atom. The van der Waals surface area contributed by atoms with Gasteiger partial charge in [0.2, 0.25) is 5.88 Å². The molecule has 230 valence electrons. The van der Waals surface area contributed by atoms with E-state index in [0.717, 1.165) is 23.2 Å². The number of alkyl halides is 2. The molecule has 1 aliphatic rings. The third kappa shape index (κ3) is 6.17. The number of nitrogens with zero attached hydrogens (tertiary/aromatic N) is 6. The first-order chi connectivity index (χ1) is 21.7. The predicted molar refractivity (Wildman–Crippen MR) is 166 cm³/mol. The fraction of sp³-hybridized carbons (Fsp3) is 0.250. The number of aliphatic hydroxyl groups excluding tert-OH is 1. The van der Waals surface area contributed by atoms with Crippen LogP contribution in [0.1, 0.15) is 40.3 Å². The number of β-amino-alcohol motifs (C(OH)–C–C–N with tert-alkyl or cyclic N) is 1. The molecule has 2 aromatic carbocycles. The topological polar surface area (TPSA) is 126 Å². The number of ether oxygens (including phenoxy) is 1. The molecule has 1 aliphatic heterocycles. The maximum Gasteiger partial charge on any atom is 0.297 e. The predicted octanol–water partition coefficient (Wildman–Crippen LogP) is 6.18. The molecular formula is C32H28ClF2N7O3. The van der Waals surface area contributed by atoms with E-state index < -0.39 is 12.2 Å². The fourth-order valence-corrected chi connectivity index (χ4v) is 5.76. The minimum absolute atomic E-state index is 0.0764. The van der Waals surface area contributed by atoms with Gasteiger partial charge in [-0.1, -0.05) is 41.9 Å². The average Bonchev–Trinajstić information content (AvgIpc) is 3.45. The zero-order chi connectivity index (χ0) is 31.7. The van der Waals surface area contributed by atoms with E-state index in [4.69, 9.17) is 16.3 Å². The van der Waals surface area contributed by atoms with Gasteiger partial charge in [-0.15, -0.1) is 0 Å². The summed E-state index contributed by atoms with van der Waals surface area (Å²) in [5.41, 5.74) is 5.41. The van der Waals surface area contributed by atoms with E-state index >= 15 is 0 Å². The van der Waals surface area contributed by atoms with Gasteiger partial charge in [-0.25, -0.2) is 28.7 Å². The normalized spacial score (nSPS) is 15.1. The molecule has 0 bridgehead atoms.